The highest BCUT2D eigenvalue weighted by Gasteiger charge is 2.37. The van der Waals surface area contributed by atoms with Crippen LogP contribution >= 0.6 is 0 Å². The van der Waals surface area contributed by atoms with Gasteiger partial charge in [-0.3, -0.25) is 9.59 Å². The van der Waals surface area contributed by atoms with Crippen molar-refractivity contribution in [3.05, 3.63) is 0 Å². The van der Waals surface area contributed by atoms with E-state index >= 15 is 0 Å². The number of hydrogen-bond acceptors (Lipinski definition) is 5. The Kier molecular flexibility index (Phi) is 5.37. The van der Waals surface area contributed by atoms with Gasteiger partial charge in [0.25, 0.3) is 0 Å². The lowest BCUT2D eigenvalue weighted by molar-refractivity contribution is -0.143. The molecule has 1 unspecified atom stereocenters. The Hall–Kier alpha value is -1.14. The number of nitrogens with two attached hydrogens (primary N) is 1. The van der Waals surface area contributed by atoms with Gasteiger partial charge in [-0.2, -0.15) is 0 Å². The van der Waals surface area contributed by atoms with E-state index in [2.05, 4.69) is 5.32 Å². The van der Waals surface area contributed by atoms with Crippen LogP contribution < -0.4 is 11.1 Å². The van der Waals surface area contributed by atoms with Crippen LogP contribution in [0, 0.1) is 0 Å². The molecule has 1 rings (SSSR count). The summed E-state index contributed by atoms with van der Waals surface area (Å²) in [4.78, 5) is 22.7. The molecule has 1 amide bonds. The van der Waals surface area contributed by atoms with Gasteiger partial charge in [0.1, 0.15) is 5.54 Å². The molecular formula is C11H20N2O4. The van der Waals surface area contributed by atoms with Gasteiger partial charge < -0.3 is 20.5 Å². The molecule has 0 aromatic carbocycles. The molecule has 0 spiro atoms. The maximum Gasteiger partial charge on any atom is 0.305 e. The van der Waals surface area contributed by atoms with E-state index in [1.165, 1.54) is 0 Å². The summed E-state index contributed by atoms with van der Waals surface area (Å²) in [5.74, 6) is -0.452. The Morgan fingerprint density at radius 2 is 2.29 bits per heavy atom. The minimum atomic E-state index is -0.899. The summed E-state index contributed by atoms with van der Waals surface area (Å²) in [5, 5.41) is 2.71. The van der Waals surface area contributed by atoms with Crippen molar-refractivity contribution in [3.63, 3.8) is 0 Å². The molecule has 1 heterocycles. The fourth-order valence-corrected chi connectivity index (χ4v) is 1.60. The number of amides is 1. The number of nitrogens with one attached hydrogen (secondary N) is 1. The molecule has 0 bridgehead atoms. The molecular weight excluding hydrogens is 224 g/mol. The van der Waals surface area contributed by atoms with Crippen LogP contribution in [-0.2, 0) is 19.1 Å². The molecule has 0 aromatic rings. The highest BCUT2D eigenvalue weighted by molar-refractivity contribution is 5.86. The molecule has 0 saturated carbocycles. The van der Waals surface area contributed by atoms with Crippen LogP contribution in [-0.4, -0.2) is 43.8 Å². The molecule has 3 N–H and O–H groups in total. The van der Waals surface area contributed by atoms with E-state index in [0.29, 0.717) is 39.0 Å². The lowest BCUT2D eigenvalue weighted by Gasteiger charge is -2.20. The van der Waals surface area contributed by atoms with Gasteiger partial charge >= 0.3 is 5.97 Å². The van der Waals surface area contributed by atoms with Crippen LogP contribution in [0.3, 0.4) is 0 Å². The van der Waals surface area contributed by atoms with Gasteiger partial charge in [-0.1, -0.05) is 0 Å². The fraction of sp³-hybridized carbons (Fsp3) is 0.818. The van der Waals surface area contributed by atoms with Crippen molar-refractivity contribution in [2.24, 2.45) is 5.73 Å². The molecule has 6 heteroatoms. The molecule has 0 radical (unpaired) electrons. The van der Waals surface area contributed by atoms with Gasteiger partial charge in [0.2, 0.25) is 5.91 Å². The monoisotopic (exact) mass is 244 g/mol. The lowest BCUT2D eigenvalue weighted by atomic mass is 9.99. The third-order valence-electron chi connectivity index (χ3n) is 2.65. The molecule has 1 fully saturated rings. The largest absolute Gasteiger partial charge is 0.466 e. The van der Waals surface area contributed by atoms with E-state index in [4.69, 9.17) is 15.2 Å². The predicted molar refractivity (Wildman–Crippen MR) is 61.2 cm³/mol. The number of rotatable bonds is 6. The van der Waals surface area contributed by atoms with Crippen LogP contribution in [0.1, 0.15) is 26.2 Å². The Bertz CT molecular complexity index is 275. The van der Waals surface area contributed by atoms with Crippen molar-refractivity contribution >= 4 is 11.9 Å². The summed E-state index contributed by atoms with van der Waals surface area (Å²) in [6.07, 6.45) is 1.40. The molecule has 1 saturated heterocycles. The van der Waals surface area contributed by atoms with Crippen molar-refractivity contribution in [2.45, 2.75) is 31.7 Å². The second kappa shape index (κ2) is 6.56. The Balaban J connectivity index is 2.14. The highest BCUT2D eigenvalue weighted by Crippen LogP contribution is 2.15. The lowest BCUT2D eigenvalue weighted by Crippen LogP contribution is -2.54. The number of esters is 1. The van der Waals surface area contributed by atoms with Crippen LogP contribution in [0.15, 0.2) is 0 Å². The first-order chi connectivity index (χ1) is 8.08. The summed E-state index contributed by atoms with van der Waals surface area (Å²) in [6.45, 7) is 3.35. The van der Waals surface area contributed by atoms with E-state index < -0.39 is 5.54 Å². The zero-order valence-electron chi connectivity index (χ0n) is 10.2. The smallest absolute Gasteiger partial charge is 0.305 e. The first kappa shape index (κ1) is 13.9. The molecule has 6 nitrogen and oxygen atoms in total. The minimum absolute atomic E-state index is 0.209. The van der Waals surface area contributed by atoms with Gasteiger partial charge in [-0.25, -0.2) is 0 Å². The Morgan fingerprint density at radius 1 is 1.53 bits per heavy atom. The normalized spacial score (nSPS) is 23.4. The van der Waals surface area contributed by atoms with Gasteiger partial charge in [0.15, 0.2) is 0 Å². The zero-order valence-corrected chi connectivity index (χ0v) is 10.2. The minimum Gasteiger partial charge on any atom is -0.466 e. The Morgan fingerprint density at radius 3 is 2.88 bits per heavy atom. The predicted octanol–water partition coefficient (Wildman–Crippen LogP) is -0.436. The standard InChI is InChI=1S/C11H20N2O4/c1-2-17-9(14)4-3-6-13-10(15)11(12)5-7-16-8-11/h2-8,12H2,1H3,(H,13,15). The number of hydrogen-bond donors (Lipinski definition) is 2. The third-order valence-corrected chi connectivity index (χ3v) is 2.65. The quantitative estimate of drug-likeness (QED) is 0.488. The maximum atomic E-state index is 11.7. The zero-order chi connectivity index (χ0) is 12.7. The number of ether oxygens (including phenoxy) is 2. The summed E-state index contributed by atoms with van der Waals surface area (Å²) in [7, 11) is 0. The number of carbonyl (C=O) groups excluding carboxylic acids is 2. The first-order valence-corrected chi connectivity index (χ1v) is 5.89. The van der Waals surface area contributed by atoms with Crippen LogP contribution in [0.25, 0.3) is 0 Å². The second-order valence-corrected chi connectivity index (χ2v) is 4.12. The second-order valence-electron chi connectivity index (χ2n) is 4.12. The number of carbonyl (C=O) groups is 2. The summed E-state index contributed by atoms with van der Waals surface area (Å²) >= 11 is 0. The van der Waals surface area contributed by atoms with Gasteiger partial charge in [0, 0.05) is 19.6 Å². The van der Waals surface area contributed by atoms with Crippen molar-refractivity contribution in [1.82, 2.24) is 5.32 Å². The van der Waals surface area contributed by atoms with E-state index in [0.717, 1.165) is 0 Å². The Labute approximate surface area is 101 Å². The molecule has 17 heavy (non-hydrogen) atoms. The van der Waals surface area contributed by atoms with Crippen LogP contribution in [0.2, 0.25) is 0 Å². The molecule has 98 valence electrons. The molecule has 1 aliphatic rings. The first-order valence-electron chi connectivity index (χ1n) is 5.89. The average molecular weight is 244 g/mol. The van der Waals surface area contributed by atoms with Crippen molar-refractivity contribution in [2.75, 3.05) is 26.4 Å². The summed E-state index contributed by atoms with van der Waals surface area (Å²) in [5.41, 5.74) is 4.96. The van der Waals surface area contributed by atoms with E-state index in [1.54, 1.807) is 6.92 Å². The summed E-state index contributed by atoms with van der Waals surface area (Å²) in [6, 6.07) is 0. The van der Waals surface area contributed by atoms with Crippen molar-refractivity contribution < 1.29 is 19.1 Å². The molecule has 0 aliphatic carbocycles. The van der Waals surface area contributed by atoms with Gasteiger partial charge in [-0.15, -0.1) is 0 Å². The van der Waals surface area contributed by atoms with E-state index in [1.807, 2.05) is 0 Å². The van der Waals surface area contributed by atoms with Crippen LogP contribution in [0.5, 0.6) is 0 Å². The highest BCUT2D eigenvalue weighted by atomic mass is 16.5. The van der Waals surface area contributed by atoms with Gasteiger partial charge in [-0.05, 0) is 19.8 Å². The fourth-order valence-electron chi connectivity index (χ4n) is 1.60. The van der Waals surface area contributed by atoms with Crippen molar-refractivity contribution in [3.8, 4) is 0 Å². The van der Waals surface area contributed by atoms with Gasteiger partial charge in [0.05, 0.1) is 13.2 Å². The summed E-state index contributed by atoms with van der Waals surface area (Å²) < 4.78 is 9.87. The molecule has 1 atom stereocenters. The SMILES string of the molecule is CCOC(=O)CCCNC(=O)C1(N)CCOC1. The molecule has 1 aliphatic heterocycles. The van der Waals surface area contributed by atoms with E-state index in [9.17, 15) is 9.59 Å². The van der Waals surface area contributed by atoms with E-state index in [-0.39, 0.29) is 18.5 Å². The maximum absolute atomic E-state index is 11.7. The van der Waals surface area contributed by atoms with Crippen molar-refractivity contribution in [1.29, 1.82) is 0 Å². The topological polar surface area (TPSA) is 90.7 Å². The molecule has 0 aromatic heterocycles. The van der Waals surface area contributed by atoms with Crippen LogP contribution in [0.4, 0.5) is 0 Å². The average Bonchev–Trinajstić information content (AvgIpc) is 2.73. The third kappa shape index (κ3) is 4.32.